The first kappa shape index (κ1) is 16.1. The topological polar surface area (TPSA) is 28.2 Å². The molecule has 1 aromatic heterocycles. The van der Waals surface area contributed by atoms with Crippen LogP contribution in [0.3, 0.4) is 0 Å². The number of hydrogen-bond donors (Lipinski definition) is 1. The number of thioether (sulfide) groups is 1. The van der Waals surface area contributed by atoms with Gasteiger partial charge in [0.25, 0.3) is 0 Å². The van der Waals surface area contributed by atoms with E-state index in [1.54, 1.807) is 0 Å². The Hall–Kier alpha value is -0.260. The summed E-state index contributed by atoms with van der Waals surface area (Å²) in [6.45, 7) is 9.84. The van der Waals surface area contributed by atoms with Crippen LogP contribution in [0.4, 0.5) is 5.82 Å². The van der Waals surface area contributed by atoms with Crippen LogP contribution in [-0.2, 0) is 6.54 Å². The second kappa shape index (κ2) is 7.66. The minimum atomic E-state index is 0.535. The van der Waals surface area contributed by atoms with Crippen LogP contribution in [0.1, 0.15) is 32.8 Å². The fourth-order valence-electron chi connectivity index (χ4n) is 2.49. The van der Waals surface area contributed by atoms with E-state index < -0.39 is 0 Å². The molecule has 0 bridgehead atoms. The van der Waals surface area contributed by atoms with Crippen molar-refractivity contribution in [2.45, 2.75) is 45.0 Å². The minimum absolute atomic E-state index is 0.535. The number of nitrogens with one attached hydrogen (secondary N) is 1. The first-order chi connectivity index (χ1) is 9.63. The van der Waals surface area contributed by atoms with Crippen molar-refractivity contribution in [1.82, 2.24) is 10.3 Å². The number of anilines is 1. The lowest BCUT2D eigenvalue weighted by Gasteiger charge is -2.39. The zero-order valence-electron chi connectivity index (χ0n) is 12.5. The molecule has 1 aliphatic rings. The Morgan fingerprint density at radius 1 is 1.50 bits per heavy atom. The van der Waals surface area contributed by atoms with Crippen molar-refractivity contribution < 1.29 is 0 Å². The van der Waals surface area contributed by atoms with Gasteiger partial charge < -0.3 is 10.2 Å². The maximum Gasteiger partial charge on any atom is 0.133 e. The Kier molecular flexibility index (Phi) is 6.18. The highest BCUT2D eigenvalue weighted by atomic mass is 79.9. The van der Waals surface area contributed by atoms with Crippen molar-refractivity contribution in [3.05, 3.63) is 22.3 Å². The van der Waals surface area contributed by atoms with Gasteiger partial charge in [0.1, 0.15) is 5.82 Å². The van der Waals surface area contributed by atoms with Crippen molar-refractivity contribution in [2.24, 2.45) is 0 Å². The van der Waals surface area contributed by atoms with Crippen molar-refractivity contribution in [1.29, 1.82) is 0 Å². The summed E-state index contributed by atoms with van der Waals surface area (Å²) in [4.78, 5) is 7.16. The van der Waals surface area contributed by atoms with Gasteiger partial charge in [-0.25, -0.2) is 4.98 Å². The third-order valence-electron chi connectivity index (χ3n) is 3.81. The molecule has 2 rings (SSSR count). The number of aromatic nitrogens is 1. The average Bonchev–Trinajstić information content (AvgIpc) is 2.43. The molecular weight excluding hydrogens is 334 g/mol. The van der Waals surface area contributed by atoms with Gasteiger partial charge >= 0.3 is 0 Å². The van der Waals surface area contributed by atoms with Crippen LogP contribution in [-0.4, -0.2) is 35.1 Å². The number of halogens is 1. The van der Waals surface area contributed by atoms with E-state index in [2.05, 4.69) is 64.7 Å². The van der Waals surface area contributed by atoms with Crippen LogP contribution in [0.25, 0.3) is 0 Å². The molecule has 1 aliphatic heterocycles. The monoisotopic (exact) mass is 357 g/mol. The van der Waals surface area contributed by atoms with Gasteiger partial charge in [-0.2, -0.15) is 11.8 Å². The standard InChI is InChI=1S/C15H24BrN3S/c1-4-5-17-9-13-8-14(16)10-18-15(13)19-6-7-20-12(3)11(19)2/h8,10-12,17H,4-7,9H2,1-3H3. The molecule has 1 aromatic rings. The zero-order valence-corrected chi connectivity index (χ0v) is 14.9. The molecule has 3 nitrogen and oxygen atoms in total. The van der Waals surface area contributed by atoms with Gasteiger partial charge in [0, 0.05) is 46.4 Å². The van der Waals surface area contributed by atoms with Crippen LogP contribution in [0.2, 0.25) is 0 Å². The van der Waals surface area contributed by atoms with Crippen molar-refractivity contribution in [3.8, 4) is 0 Å². The molecule has 1 saturated heterocycles. The summed E-state index contributed by atoms with van der Waals surface area (Å²) in [5.74, 6) is 2.34. The van der Waals surface area contributed by atoms with Gasteiger partial charge in [0.15, 0.2) is 0 Å². The molecule has 1 N–H and O–H groups in total. The molecule has 0 aromatic carbocycles. The third-order valence-corrected chi connectivity index (χ3v) is 5.58. The Balaban J connectivity index is 2.20. The van der Waals surface area contributed by atoms with E-state index in [1.807, 2.05) is 6.20 Å². The second-order valence-electron chi connectivity index (χ2n) is 5.32. The van der Waals surface area contributed by atoms with Crippen LogP contribution in [0.15, 0.2) is 16.7 Å². The third kappa shape index (κ3) is 3.89. The van der Waals surface area contributed by atoms with Crippen molar-refractivity contribution in [3.63, 3.8) is 0 Å². The quantitative estimate of drug-likeness (QED) is 0.813. The smallest absolute Gasteiger partial charge is 0.133 e. The molecular formula is C15H24BrN3S. The minimum Gasteiger partial charge on any atom is -0.352 e. The predicted molar refractivity (Wildman–Crippen MR) is 92.7 cm³/mol. The summed E-state index contributed by atoms with van der Waals surface area (Å²) in [6.07, 6.45) is 3.07. The molecule has 5 heteroatoms. The average molecular weight is 358 g/mol. The van der Waals surface area contributed by atoms with Gasteiger partial charge in [0.05, 0.1) is 0 Å². The highest BCUT2D eigenvalue weighted by Crippen LogP contribution is 2.30. The molecule has 2 atom stereocenters. The summed E-state index contributed by atoms with van der Waals surface area (Å²) in [7, 11) is 0. The molecule has 0 saturated carbocycles. The van der Waals surface area contributed by atoms with Gasteiger partial charge in [-0.05, 0) is 41.9 Å². The number of hydrogen-bond acceptors (Lipinski definition) is 4. The van der Waals surface area contributed by atoms with E-state index in [9.17, 15) is 0 Å². The second-order valence-corrected chi connectivity index (χ2v) is 7.72. The van der Waals surface area contributed by atoms with E-state index in [1.165, 1.54) is 11.3 Å². The van der Waals surface area contributed by atoms with E-state index in [4.69, 9.17) is 4.98 Å². The fraction of sp³-hybridized carbons (Fsp3) is 0.667. The molecule has 0 amide bonds. The SMILES string of the molecule is CCCNCc1cc(Br)cnc1N1CCSC(C)C1C. The highest BCUT2D eigenvalue weighted by Gasteiger charge is 2.27. The Morgan fingerprint density at radius 3 is 3.05 bits per heavy atom. The maximum absolute atomic E-state index is 4.70. The van der Waals surface area contributed by atoms with E-state index in [0.717, 1.165) is 36.3 Å². The van der Waals surface area contributed by atoms with Crippen molar-refractivity contribution in [2.75, 3.05) is 23.7 Å². The first-order valence-corrected chi connectivity index (χ1v) is 9.21. The molecule has 0 radical (unpaired) electrons. The summed E-state index contributed by atoms with van der Waals surface area (Å²) in [5.41, 5.74) is 1.29. The lowest BCUT2D eigenvalue weighted by Crippen LogP contribution is -2.45. The normalized spacial score (nSPS) is 23.1. The highest BCUT2D eigenvalue weighted by molar-refractivity contribution is 9.10. The lowest BCUT2D eigenvalue weighted by molar-refractivity contribution is 0.610. The summed E-state index contributed by atoms with van der Waals surface area (Å²) in [5, 5.41) is 4.15. The number of nitrogens with zero attached hydrogens (tertiary/aromatic N) is 2. The zero-order chi connectivity index (χ0) is 14.5. The largest absolute Gasteiger partial charge is 0.352 e. The molecule has 112 valence electrons. The maximum atomic E-state index is 4.70. The predicted octanol–water partition coefficient (Wildman–Crippen LogP) is 3.67. The van der Waals surface area contributed by atoms with Gasteiger partial charge in [-0.1, -0.05) is 13.8 Å². The Labute approximate surface area is 135 Å². The van der Waals surface area contributed by atoms with Gasteiger partial charge in [0.2, 0.25) is 0 Å². The first-order valence-electron chi connectivity index (χ1n) is 7.37. The molecule has 2 heterocycles. The number of rotatable bonds is 5. The number of pyridine rings is 1. The van der Waals surface area contributed by atoms with E-state index >= 15 is 0 Å². The molecule has 1 fully saturated rings. The Bertz CT molecular complexity index is 441. The van der Waals surface area contributed by atoms with Crippen LogP contribution < -0.4 is 10.2 Å². The van der Waals surface area contributed by atoms with Crippen LogP contribution in [0.5, 0.6) is 0 Å². The molecule has 2 unspecified atom stereocenters. The van der Waals surface area contributed by atoms with E-state index in [0.29, 0.717) is 11.3 Å². The van der Waals surface area contributed by atoms with Crippen LogP contribution in [0, 0.1) is 0 Å². The van der Waals surface area contributed by atoms with Gasteiger partial charge in [-0.15, -0.1) is 0 Å². The summed E-state index contributed by atoms with van der Waals surface area (Å²) >= 11 is 5.60. The van der Waals surface area contributed by atoms with E-state index in [-0.39, 0.29) is 0 Å². The lowest BCUT2D eigenvalue weighted by atomic mass is 10.1. The van der Waals surface area contributed by atoms with Crippen molar-refractivity contribution >= 4 is 33.5 Å². The van der Waals surface area contributed by atoms with Gasteiger partial charge in [-0.3, -0.25) is 0 Å². The molecule has 20 heavy (non-hydrogen) atoms. The summed E-state index contributed by atoms with van der Waals surface area (Å²) < 4.78 is 1.06. The summed E-state index contributed by atoms with van der Waals surface area (Å²) in [6, 6.07) is 2.73. The molecule has 0 aliphatic carbocycles. The fourth-order valence-corrected chi connectivity index (χ4v) is 3.97. The molecule has 0 spiro atoms. The van der Waals surface area contributed by atoms with Crippen LogP contribution >= 0.6 is 27.7 Å². The Morgan fingerprint density at radius 2 is 2.30 bits per heavy atom.